The van der Waals surface area contributed by atoms with E-state index in [0.717, 1.165) is 26.1 Å². The van der Waals surface area contributed by atoms with Gasteiger partial charge in [-0.3, -0.25) is 0 Å². The van der Waals surface area contributed by atoms with Crippen LogP contribution in [0.5, 0.6) is 0 Å². The van der Waals surface area contributed by atoms with Gasteiger partial charge in [0.25, 0.3) is 0 Å². The van der Waals surface area contributed by atoms with Gasteiger partial charge in [0, 0.05) is 31.2 Å². The van der Waals surface area contributed by atoms with E-state index in [4.69, 9.17) is 5.73 Å². The van der Waals surface area contributed by atoms with E-state index in [1.807, 2.05) is 0 Å². The first-order valence-electron chi connectivity index (χ1n) is 7.65. The first kappa shape index (κ1) is 12.9. The van der Waals surface area contributed by atoms with Crippen LogP contribution in [0.15, 0.2) is 24.3 Å². The highest BCUT2D eigenvalue weighted by Crippen LogP contribution is 2.37. The van der Waals surface area contributed by atoms with Gasteiger partial charge >= 0.3 is 0 Å². The second-order valence-electron chi connectivity index (χ2n) is 5.83. The molecule has 3 heteroatoms. The Bertz CT molecular complexity index is 412. The molecule has 2 aliphatic heterocycles. The predicted molar refractivity (Wildman–Crippen MR) is 80.7 cm³/mol. The second-order valence-corrected chi connectivity index (χ2v) is 5.83. The summed E-state index contributed by atoms with van der Waals surface area (Å²) in [6, 6.07) is 8.88. The van der Waals surface area contributed by atoms with Crippen LogP contribution in [0, 0.1) is 0 Å². The summed E-state index contributed by atoms with van der Waals surface area (Å²) in [5.41, 5.74) is 8.71. The van der Waals surface area contributed by atoms with Gasteiger partial charge in [-0.2, -0.15) is 0 Å². The highest BCUT2D eigenvalue weighted by Gasteiger charge is 2.27. The summed E-state index contributed by atoms with van der Waals surface area (Å²) >= 11 is 0. The first-order valence-corrected chi connectivity index (χ1v) is 7.65. The van der Waals surface area contributed by atoms with Gasteiger partial charge in [0.1, 0.15) is 0 Å². The van der Waals surface area contributed by atoms with Gasteiger partial charge in [0.15, 0.2) is 0 Å². The molecule has 19 heavy (non-hydrogen) atoms. The van der Waals surface area contributed by atoms with E-state index in [0.29, 0.717) is 5.92 Å². The number of anilines is 1. The third-order valence-electron chi connectivity index (χ3n) is 4.56. The number of hydrogen-bond acceptors (Lipinski definition) is 3. The number of nitrogens with two attached hydrogens (primary N) is 1. The van der Waals surface area contributed by atoms with E-state index in [9.17, 15) is 0 Å². The lowest BCUT2D eigenvalue weighted by Crippen LogP contribution is -2.33. The zero-order chi connectivity index (χ0) is 13.1. The largest absolute Gasteiger partial charge is 0.369 e. The molecule has 0 saturated carbocycles. The van der Waals surface area contributed by atoms with Gasteiger partial charge in [-0.1, -0.05) is 18.2 Å². The minimum absolute atomic E-state index is 0.639. The molecule has 0 amide bonds. The molecule has 1 aromatic rings. The fourth-order valence-electron chi connectivity index (χ4n) is 3.51. The molecule has 1 atom stereocenters. The van der Waals surface area contributed by atoms with Gasteiger partial charge in [-0.05, 0) is 50.5 Å². The molecule has 2 N–H and O–H groups in total. The van der Waals surface area contributed by atoms with Crippen molar-refractivity contribution in [3.05, 3.63) is 29.8 Å². The maximum atomic E-state index is 5.76. The molecule has 1 unspecified atom stereocenters. The van der Waals surface area contributed by atoms with E-state index >= 15 is 0 Å². The molecule has 0 radical (unpaired) electrons. The van der Waals surface area contributed by atoms with Crippen LogP contribution in [0.4, 0.5) is 5.69 Å². The summed E-state index contributed by atoms with van der Waals surface area (Å²) in [6.45, 7) is 6.91. The van der Waals surface area contributed by atoms with Crippen molar-refractivity contribution < 1.29 is 0 Å². The number of rotatable bonds is 5. The Morgan fingerprint density at radius 3 is 2.68 bits per heavy atom. The van der Waals surface area contributed by atoms with E-state index in [2.05, 4.69) is 34.1 Å². The highest BCUT2D eigenvalue weighted by atomic mass is 15.2. The summed E-state index contributed by atoms with van der Waals surface area (Å²) < 4.78 is 0. The Morgan fingerprint density at radius 2 is 1.89 bits per heavy atom. The van der Waals surface area contributed by atoms with Crippen LogP contribution >= 0.6 is 0 Å². The molecule has 0 aromatic heterocycles. The topological polar surface area (TPSA) is 32.5 Å². The lowest BCUT2D eigenvalue weighted by molar-refractivity contribution is 0.344. The molecule has 1 aromatic carbocycles. The number of hydrogen-bond donors (Lipinski definition) is 1. The molecular formula is C16H25N3. The molecule has 0 bridgehead atoms. The second kappa shape index (κ2) is 5.93. The van der Waals surface area contributed by atoms with E-state index in [1.165, 1.54) is 43.7 Å². The summed E-state index contributed by atoms with van der Waals surface area (Å²) in [5, 5.41) is 0. The summed E-state index contributed by atoms with van der Waals surface area (Å²) in [4.78, 5) is 5.16. The van der Waals surface area contributed by atoms with E-state index in [-0.39, 0.29) is 0 Å². The zero-order valence-corrected chi connectivity index (χ0v) is 11.7. The predicted octanol–water partition coefficient (Wildman–Crippen LogP) is 2.03. The number of benzene rings is 1. The molecule has 2 aliphatic rings. The van der Waals surface area contributed by atoms with Gasteiger partial charge in [0.2, 0.25) is 0 Å². The maximum absolute atomic E-state index is 5.76. The van der Waals surface area contributed by atoms with Crippen molar-refractivity contribution in [3.63, 3.8) is 0 Å². The lowest BCUT2D eigenvalue weighted by Gasteiger charge is -2.23. The third kappa shape index (κ3) is 2.77. The van der Waals surface area contributed by atoms with Crippen molar-refractivity contribution in [2.75, 3.05) is 44.2 Å². The Labute approximate surface area is 116 Å². The molecule has 0 aliphatic carbocycles. The fraction of sp³-hybridized carbons (Fsp3) is 0.625. The average molecular weight is 259 g/mol. The van der Waals surface area contributed by atoms with Crippen LogP contribution in [-0.2, 0) is 0 Å². The Kier molecular flexibility index (Phi) is 4.04. The Hall–Kier alpha value is -1.06. The SMILES string of the molecule is NCCC1CN(CCN2CCCC2)c2ccccc21. The van der Waals surface area contributed by atoms with Crippen LogP contribution < -0.4 is 10.6 Å². The van der Waals surface area contributed by atoms with Crippen molar-refractivity contribution in [2.45, 2.75) is 25.2 Å². The van der Waals surface area contributed by atoms with Crippen LogP contribution in [0.1, 0.15) is 30.7 Å². The minimum Gasteiger partial charge on any atom is -0.369 e. The standard InChI is InChI=1S/C16H25N3/c17-8-7-14-13-19(12-11-18-9-3-4-10-18)16-6-2-1-5-15(14)16/h1-2,5-6,14H,3-4,7-13,17H2. The molecule has 3 rings (SSSR count). The average Bonchev–Trinajstić information content (AvgIpc) is 3.06. The Morgan fingerprint density at radius 1 is 1.11 bits per heavy atom. The van der Waals surface area contributed by atoms with Crippen molar-refractivity contribution >= 4 is 5.69 Å². The van der Waals surface area contributed by atoms with Crippen molar-refractivity contribution in [1.82, 2.24) is 4.90 Å². The van der Waals surface area contributed by atoms with Crippen LogP contribution in [0.3, 0.4) is 0 Å². The number of likely N-dealkylation sites (tertiary alicyclic amines) is 1. The normalized spacial score (nSPS) is 23.0. The number of para-hydroxylation sites is 1. The van der Waals surface area contributed by atoms with E-state index in [1.54, 1.807) is 0 Å². The summed E-state index contributed by atoms with van der Waals surface area (Å²) in [7, 11) is 0. The molecule has 0 spiro atoms. The van der Waals surface area contributed by atoms with Crippen molar-refractivity contribution in [2.24, 2.45) is 5.73 Å². The smallest absolute Gasteiger partial charge is 0.0402 e. The minimum atomic E-state index is 0.639. The summed E-state index contributed by atoms with van der Waals surface area (Å²) in [6.07, 6.45) is 3.87. The lowest BCUT2D eigenvalue weighted by atomic mass is 9.98. The van der Waals surface area contributed by atoms with Gasteiger partial charge < -0.3 is 15.5 Å². The van der Waals surface area contributed by atoms with Gasteiger partial charge in [0.05, 0.1) is 0 Å². The number of nitrogens with zero attached hydrogens (tertiary/aromatic N) is 2. The van der Waals surface area contributed by atoms with Crippen LogP contribution in [-0.4, -0.2) is 44.2 Å². The molecule has 104 valence electrons. The third-order valence-corrected chi connectivity index (χ3v) is 4.56. The van der Waals surface area contributed by atoms with Gasteiger partial charge in [-0.25, -0.2) is 0 Å². The quantitative estimate of drug-likeness (QED) is 0.878. The Balaban J connectivity index is 1.65. The zero-order valence-electron chi connectivity index (χ0n) is 11.7. The molecule has 3 nitrogen and oxygen atoms in total. The number of fused-ring (bicyclic) bond motifs is 1. The van der Waals surface area contributed by atoms with Crippen LogP contribution in [0.25, 0.3) is 0 Å². The molecule has 1 fully saturated rings. The molecule has 2 heterocycles. The molecule has 1 saturated heterocycles. The van der Waals surface area contributed by atoms with Crippen molar-refractivity contribution in [3.8, 4) is 0 Å². The monoisotopic (exact) mass is 259 g/mol. The fourth-order valence-corrected chi connectivity index (χ4v) is 3.51. The first-order chi connectivity index (χ1) is 9.38. The summed E-state index contributed by atoms with van der Waals surface area (Å²) in [5.74, 6) is 0.639. The van der Waals surface area contributed by atoms with E-state index < -0.39 is 0 Å². The highest BCUT2D eigenvalue weighted by molar-refractivity contribution is 5.60. The van der Waals surface area contributed by atoms with Crippen molar-refractivity contribution in [1.29, 1.82) is 0 Å². The molecular weight excluding hydrogens is 234 g/mol. The van der Waals surface area contributed by atoms with Gasteiger partial charge in [-0.15, -0.1) is 0 Å². The van der Waals surface area contributed by atoms with Crippen LogP contribution in [0.2, 0.25) is 0 Å². The maximum Gasteiger partial charge on any atom is 0.0402 e.